The second-order valence-electron chi connectivity index (χ2n) is 4.13. The Labute approximate surface area is 106 Å². The highest BCUT2D eigenvalue weighted by molar-refractivity contribution is 5.96. The maximum atomic E-state index is 13.2. The molecule has 1 heterocycles. The lowest BCUT2D eigenvalue weighted by Gasteiger charge is -2.29. The Morgan fingerprint density at radius 3 is 3.06 bits per heavy atom. The van der Waals surface area contributed by atoms with E-state index in [-0.39, 0.29) is 11.7 Å². The molecule has 1 fully saturated rings. The number of rotatable bonds is 3. The van der Waals surface area contributed by atoms with Gasteiger partial charge >= 0.3 is 0 Å². The number of amides is 1. The van der Waals surface area contributed by atoms with Gasteiger partial charge in [0.25, 0.3) is 5.91 Å². The van der Waals surface area contributed by atoms with Crippen LogP contribution in [-0.4, -0.2) is 38.3 Å². The van der Waals surface area contributed by atoms with Crippen LogP contribution >= 0.6 is 0 Å². The van der Waals surface area contributed by atoms with Crippen molar-refractivity contribution in [2.45, 2.75) is 13.0 Å². The van der Waals surface area contributed by atoms with E-state index in [1.165, 1.54) is 12.1 Å². The van der Waals surface area contributed by atoms with Crippen LogP contribution in [0.3, 0.4) is 0 Å². The summed E-state index contributed by atoms with van der Waals surface area (Å²) in [6.07, 6.45) is -0.484. The molecule has 1 aliphatic rings. The van der Waals surface area contributed by atoms with Crippen LogP contribution in [0.5, 0.6) is 0 Å². The fourth-order valence-corrected chi connectivity index (χ4v) is 2.01. The maximum Gasteiger partial charge on any atom is 0.257 e. The smallest absolute Gasteiger partial charge is 0.257 e. The summed E-state index contributed by atoms with van der Waals surface area (Å²) in [5, 5.41) is 3.11. The van der Waals surface area contributed by atoms with Gasteiger partial charge in [-0.15, -0.1) is 0 Å². The zero-order chi connectivity index (χ0) is 13.0. The van der Waals surface area contributed by atoms with E-state index < -0.39 is 6.10 Å². The van der Waals surface area contributed by atoms with Gasteiger partial charge in [0.1, 0.15) is 11.9 Å². The van der Waals surface area contributed by atoms with Crippen molar-refractivity contribution in [3.8, 4) is 0 Å². The molecule has 0 saturated carbocycles. The first-order valence-electron chi connectivity index (χ1n) is 6.11. The highest BCUT2D eigenvalue weighted by Gasteiger charge is 2.27. The van der Waals surface area contributed by atoms with Gasteiger partial charge in [0.2, 0.25) is 0 Å². The summed E-state index contributed by atoms with van der Waals surface area (Å²) in [7, 11) is 0. The predicted octanol–water partition coefficient (Wildman–Crippen LogP) is 1.17. The van der Waals surface area contributed by atoms with Gasteiger partial charge in [-0.1, -0.05) is 6.07 Å². The van der Waals surface area contributed by atoms with Gasteiger partial charge in [0, 0.05) is 25.3 Å². The molecule has 0 bridgehead atoms. The number of nitrogens with zero attached hydrogens (tertiary/aromatic N) is 1. The molecular formula is C13H17FN2O2. The molecule has 2 rings (SSSR count). The summed E-state index contributed by atoms with van der Waals surface area (Å²) in [6.45, 7) is 4.14. The topological polar surface area (TPSA) is 41.6 Å². The van der Waals surface area contributed by atoms with Crippen molar-refractivity contribution in [1.82, 2.24) is 5.32 Å². The van der Waals surface area contributed by atoms with Gasteiger partial charge in [-0.2, -0.15) is 0 Å². The summed E-state index contributed by atoms with van der Waals surface area (Å²) >= 11 is 0. The van der Waals surface area contributed by atoms with Crippen LogP contribution in [0.15, 0.2) is 24.3 Å². The third-order valence-electron chi connectivity index (χ3n) is 2.91. The van der Waals surface area contributed by atoms with Crippen LogP contribution in [0.4, 0.5) is 10.1 Å². The summed E-state index contributed by atoms with van der Waals surface area (Å²) in [4.78, 5) is 13.8. The minimum atomic E-state index is -0.484. The summed E-state index contributed by atoms with van der Waals surface area (Å²) in [5.74, 6) is -0.475. The van der Waals surface area contributed by atoms with Crippen molar-refractivity contribution in [2.24, 2.45) is 0 Å². The molecule has 0 radical (unpaired) electrons. The van der Waals surface area contributed by atoms with Crippen molar-refractivity contribution in [1.29, 1.82) is 0 Å². The van der Waals surface area contributed by atoms with Crippen LogP contribution < -0.4 is 10.2 Å². The first-order chi connectivity index (χ1) is 8.72. The highest BCUT2D eigenvalue weighted by atomic mass is 19.1. The van der Waals surface area contributed by atoms with Gasteiger partial charge in [-0.25, -0.2) is 4.39 Å². The molecule has 1 saturated heterocycles. The molecule has 1 aromatic rings. The van der Waals surface area contributed by atoms with Crippen LogP contribution in [-0.2, 0) is 9.53 Å². The van der Waals surface area contributed by atoms with Gasteiger partial charge < -0.3 is 15.0 Å². The number of ether oxygens (including phenoxy) is 1. The summed E-state index contributed by atoms with van der Waals surface area (Å²) in [6, 6.07) is 6.04. The Bertz CT molecular complexity index is 419. The Balaban J connectivity index is 2.14. The molecule has 5 heteroatoms. The number of likely N-dealkylation sites (N-methyl/N-ethyl adjacent to an activating group) is 1. The van der Waals surface area contributed by atoms with Crippen molar-refractivity contribution in [2.75, 3.05) is 31.1 Å². The van der Waals surface area contributed by atoms with Crippen LogP contribution in [0.25, 0.3) is 0 Å². The quantitative estimate of drug-likeness (QED) is 0.878. The number of hydrogen-bond acceptors (Lipinski definition) is 3. The minimum absolute atomic E-state index is 0.129. The van der Waals surface area contributed by atoms with E-state index in [1.54, 1.807) is 17.0 Å². The van der Waals surface area contributed by atoms with Gasteiger partial charge in [-0.3, -0.25) is 4.79 Å². The SMILES string of the molecule is CCN(C(=O)C1CNCCO1)c1cccc(F)c1. The normalized spacial score (nSPS) is 19.6. The van der Waals surface area contributed by atoms with Crippen LogP contribution in [0, 0.1) is 5.82 Å². The molecule has 1 aromatic carbocycles. The van der Waals surface area contributed by atoms with Gasteiger partial charge in [-0.05, 0) is 25.1 Å². The van der Waals surface area contributed by atoms with E-state index in [0.29, 0.717) is 25.4 Å². The van der Waals surface area contributed by atoms with Crippen molar-refractivity contribution >= 4 is 11.6 Å². The van der Waals surface area contributed by atoms with Crippen molar-refractivity contribution in [3.63, 3.8) is 0 Å². The summed E-state index contributed by atoms with van der Waals surface area (Å²) in [5.41, 5.74) is 0.566. The van der Waals surface area contributed by atoms with E-state index in [9.17, 15) is 9.18 Å². The number of halogens is 1. The van der Waals surface area contributed by atoms with Crippen LogP contribution in [0.1, 0.15) is 6.92 Å². The average Bonchev–Trinajstić information content (AvgIpc) is 2.40. The molecule has 0 aromatic heterocycles. The van der Waals surface area contributed by atoms with Gasteiger partial charge in [0.05, 0.1) is 6.61 Å². The molecule has 0 spiro atoms. The number of carbonyl (C=O) groups is 1. The Kier molecular flexibility index (Phi) is 4.28. The molecule has 4 nitrogen and oxygen atoms in total. The second-order valence-corrected chi connectivity index (χ2v) is 4.13. The van der Waals surface area contributed by atoms with Crippen molar-refractivity contribution in [3.05, 3.63) is 30.1 Å². The molecule has 1 amide bonds. The zero-order valence-electron chi connectivity index (χ0n) is 10.4. The number of anilines is 1. The first-order valence-corrected chi connectivity index (χ1v) is 6.11. The lowest BCUT2D eigenvalue weighted by molar-refractivity contribution is -0.131. The molecule has 0 aliphatic carbocycles. The van der Waals surface area contributed by atoms with E-state index >= 15 is 0 Å². The number of hydrogen-bond donors (Lipinski definition) is 1. The zero-order valence-corrected chi connectivity index (χ0v) is 10.4. The summed E-state index contributed by atoms with van der Waals surface area (Å²) < 4.78 is 18.6. The van der Waals surface area contributed by atoms with Crippen molar-refractivity contribution < 1.29 is 13.9 Å². The third kappa shape index (κ3) is 2.86. The molecule has 1 N–H and O–H groups in total. The molecule has 1 atom stereocenters. The maximum absolute atomic E-state index is 13.2. The fourth-order valence-electron chi connectivity index (χ4n) is 2.01. The molecular weight excluding hydrogens is 235 g/mol. The fraction of sp³-hybridized carbons (Fsp3) is 0.462. The van der Waals surface area contributed by atoms with E-state index in [0.717, 1.165) is 6.54 Å². The molecule has 18 heavy (non-hydrogen) atoms. The van der Waals surface area contributed by atoms with Crippen LogP contribution in [0.2, 0.25) is 0 Å². The Morgan fingerprint density at radius 1 is 1.61 bits per heavy atom. The Hall–Kier alpha value is -1.46. The molecule has 1 unspecified atom stereocenters. The van der Waals surface area contributed by atoms with E-state index in [1.807, 2.05) is 6.92 Å². The number of benzene rings is 1. The first kappa shape index (κ1) is 13.0. The minimum Gasteiger partial charge on any atom is -0.366 e. The highest BCUT2D eigenvalue weighted by Crippen LogP contribution is 2.17. The van der Waals surface area contributed by atoms with E-state index in [2.05, 4.69) is 5.32 Å². The average molecular weight is 252 g/mol. The lowest BCUT2D eigenvalue weighted by Crippen LogP contribution is -2.49. The number of carbonyl (C=O) groups excluding carboxylic acids is 1. The van der Waals surface area contributed by atoms with Gasteiger partial charge in [0.15, 0.2) is 0 Å². The lowest BCUT2D eigenvalue weighted by atomic mass is 10.2. The Morgan fingerprint density at radius 2 is 2.44 bits per heavy atom. The second kappa shape index (κ2) is 5.93. The largest absolute Gasteiger partial charge is 0.366 e. The number of nitrogens with one attached hydrogen (secondary N) is 1. The van der Waals surface area contributed by atoms with E-state index in [4.69, 9.17) is 4.74 Å². The standard InChI is InChI=1S/C13H17FN2O2/c1-2-16(11-5-3-4-10(14)8-11)13(17)12-9-15-6-7-18-12/h3-5,8,12,15H,2,6-7,9H2,1H3. The number of morpholine rings is 1. The molecule has 98 valence electrons. The molecule has 1 aliphatic heterocycles. The predicted molar refractivity (Wildman–Crippen MR) is 67.0 cm³/mol. The third-order valence-corrected chi connectivity index (χ3v) is 2.91. The monoisotopic (exact) mass is 252 g/mol.